The molecule has 0 fully saturated rings. The number of rotatable bonds is 3. The van der Waals surface area contributed by atoms with E-state index in [1.54, 1.807) is 4.52 Å². The Morgan fingerprint density at radius 2 is 1.72 bits per heavy atom. The second-order valence-corrected chi connectivity index (χ2v) is 6.42. The highest BCUT2D eigenvalue weighted by Gasteiger charge is 2.15. The highest BCUT2D eigenvalue weighted by Crippen LogP contribution is 2.26. The average molecular weight is 365 g/mol. The van der Waals surface area contributed by atoms with E-state index in [2.05, 4.69) is 10.1 Å². The molecule has 4 rings (SSSR count). The normalized spacial score (nSPS) is 10.9. The first kappa shape index (κ1) is 15.7. The SMILES string of the molecule is NC(=S)c1ccc(-c2ccccc2)n2nc(-c3cccc(Cl)c3)nc12. The van der Waals surface area contributed by atoms with Crippen molar-refractivity contribution in [1.82, 2.24) is 14.6 Å². The molecule has 0 saturated carbocycles. The van der Waals surface area contributed by atoms with Crippen LogP contribution in [-0.4, -0.2) is 19.6 Å². The van der Waals surface area contributed by atoms with Gasteiger partial charge in [-0.15, -0.1) is 5.10 Å². The van der Waals surface area contributed by atoms with Gasteiger partial charge in [-0.3, -0.25) is 0 Å². The maximum absolute atomic E-state index is 6.10. The molecule has 4 aromatic rings. The number of hydrogen-bond acceptors (Lipinski definition) is 3. The van der Waals surface area contributed by atoms with Crippen molar-refractivity contribution in [3.63, 3.8) is 0 Å². The molecule has 4 nitrogen and oxygen atoms in total. The molecular weight excluding hydrogens is 352 g/mol. The highest BCUT2D eigenvalue weighted by molar-refractivity contribution is 7.80. The van der Waals surface area contributed by atoms with Gasteiger partial charge in [-0.05, 0) is 24.3 Å². The van der Waals surface area contributed by atoms with Crippen LogP contribution in [0.3, 0.4) is 0 Å². The molecule has 0 aliphatic rings. The summed E-state index contributed by atoms with van der Waals surface area (Å²) in [6, 6.07) is 21.3. The van der Waals surface area contributed by atoms with Gasteiger partial charge in [0.15, 0.2) is 11.5 Å². The van der Waals surface area contributed by atoms with E-state index in [0.717, 1.165) is 16.8 Å². The first-order valence-electron chi connectivity index (χ1n) is 7.64. The Bertz CT molecular complexity index is 1090. The zero-order valence-electron chi connectivity index (χ0n) is 13.1. The fraction of sp³-hybridized carbons (Fsp3) is 0. The second kappa shape index (κ2) is 6.27. The van der Waals surface area contributed by atoms with Gasteiger partial charge in [-0.2, -0.15) is 0 Å². The van der Waals surface area contributed by atoms with Crippen LogP contribution in [0.4, 0.5) is 0 Å². The fourth-order valence-electron chi connectivity index (χ4n) is 2.73. The summed E-state index contributed by atoms with van der Waals surface area (Å²) in [5.74, 6) is 0.573. The molecule has 122 valence electrons. The molecule has 2 aromatic carbocycles. The van der Waals surface area contributed by atoms with Gasteiger partial charge >= 0.3 is 0 Å². The van der Waals surface area contributed by atoms with E-state index in [1.807, 2.05) is 66.7 Å². The van der Waals surface area contributed by atoms with E-state index in [-0.39, 0.29) is 4.99 Å². The van der Waals surface area contributed by atoms with Crippen molar-refractivity contribution in [2.45, 2.75) is 0 Å². The maximum atomic E-state index is 6.10. The highest BCUT2D eigenvalue weighted by atomic mass is 35.5. The van der Waals surface area contributed by atoms with Crippen molar-refractivity contribution in [2.75, 3.05) is 0 Å². The summed E-state index contributed by atoms with van der Waals surface area (Å²) in [4.78, 5) is 4.94. The molecule has 2 heterocycles. The van der Waals surface area contributed by atoms with E-state index < -0.39 is 0 Å². The Labute approximate surface area is 154 Å². The Morgan fingerprint density at radius 3 is 2.44 bits per heavy atom. The third-order valence-corrected chi connectivity index (χ3v) is 4.36. The second-order valence-electron chi connectivity index (χ2n) is 5.54. The van der Waals surface area contributed by atoms with Crippen LogP contribution >= 0.6 is 23.8 Å². The molecule has 6 heteroatoms. The van der Waals surface area contributed by atoms with Gasteiger partial charge in [0.2, 0.25) is 0 Å². The molecule has 2 N–H and O–H groups in total. The van der Waals surface area contributed by atoms with Crippen molar-refractivity contribution in [3.05, 3.63) is 77.3 Å². The molecule has 0 bridgehead atoms. The minimum atomic E-state index is 0.287. The fourth-order valence-corrected chi connectivity index (χ4v) is 3.08. The van der Waals surface area contributed by atoms with Crippen molar-refractivity contribution < 1.29 is 0 Å². The summed E-state index contributed by atoms with van der Waals surface area (Å²) in [5.41, 5.74) is 9.97. The van der Waals surface area contributed by atoms with Gasteiger partial charge in [-0.1, -0.05) is 66.3 Å². The molecule has 2 aromatic heterocycles. The molecular formula is C19H13ClN4S. The molecule has 0 atom stereocenters. The van der Waals surface area contributed by atoms with Gasteiger partial charge in [0.25, 0.3) is 0 Å². The van der Waals surface area contributed by atoms with E-state index in [4.69, 9.17) is 29.6 Å². The predicted octanol–water partition coefficient (Wildman–Crippen LogP) is 4.35. The van der Waals surface area contributed by atoms with Crippen LogP contribution in [0, 0.1) is 0 Å². The maximum Gasteiger partial charge on any atom is 0.182 e. The zero-order chi connectivity index (χ0) is 17.4. The first-order valence-corrected chi connectivity index (χ1v) is 8.43. The molecule has 0 aliphatic carbocycles. The van der Waals surface area contributed by atoms with Crippen LogP contribution in [-0.2, 0) is 0 Å². The third kappa shape index (κ3) is 2.88. The number of hydrogen-bond donors (Lipinski definition) is 1. The lowest BCUT2D eigenvalue weighted by atomic mass is 10.1. The van der Waals surface area contributed by atoms with Gasteiger partial charge in [0.1, 0.15) is 4.99 Å². The summed E-state index contributed by atoms with van der Waals surface area (Å²) in [6.07, 6.45) is 0. The van der Waals surface area contributed by atoms with Crippen LogP contribution in [0.1, 0.15) is 5.56 Å². The lowest BCUT2D eigenvalue weighted by molar-refractivity contribution is 0.973. The molecule has 0 spiro atoms. The number of halogens is 1. The third-order valence-electron chi connectivity index (χ3n) is 3.90. The predicted molar refractivity (Wildman–Crippen MR) is 105 cm³/mol. The zero-order valence-corrected chi connectivity index (χ0v) is 14.6. The molecule has 0 saturated heterocycles. The van der Waals surface area contributed by atoms with Gasteiger partial charge in [0, 0.05) is 16.1 Å². The van der Waals surface area contributed by atoms with Crippen LogP contribution in [0.25, 0.3) is 28.3 Å². The Hall–Kier alpha value is -2.76. The van der Waals surface area contributed by atoms with Gasteiger partial charge < -0.3 is 5.73 Å². The summed E-state index contributed by atoms with van der Waals surface area (Å²) in [5, 5.41) is 5.31. The molecule has 0 unspecified atom stereocenters. The standard InChI is InChI=1S/C19H13ClN4S/c20-14-8-4-7-13(11-14)18-22-19-15(17(21)25)9-10-16(24(19)23-18)12-5-2-1-3-6-12/h1-11H,(H2,21,25). The topological polar surface area (TPSA) is 56.2 Å². The molecule has 0 amide bonds. The van der Waals surface area contributed by atoms with Crippen molar-refractivity contribution in [1.29, 1.82) is 0 Å². The lowest BCUT2D eigenvalue weighted by Gasteiger charge is -2.07. The smallest absolute Gasteiger partial charge is 0.182 e. The summed E-state index contributed by atoms with van der Waals surface area (Å²) in [6.45, 7) is 0. The number of benzene rings is 2. The van der Waals surface area contributed by atoms with Crippen molar-refractivity contribution in [2.24, 2.45) is 5.73 Å². The minimum absolute atomic E-state index is 0.287. The van der Waals surface area contributed by atoms with Gasteiger partial charge in [-0.25, -0.2) is 9.50 Å². The number of fused-ring (bicyclic) bond motifs is 1. The van der Waals surface area contributed by atoms with Crippen LogP contribution in [0.15, 0.2) is 66.7 Å². The Kier molecular flexibility index (Phi) is 3.95. The summed E-state index contributed by atoms with van der Waals surface area (Å²) < 4.78 is 1.78. The number of nitrogens with two attached hydrogens (primary N) is 1. The molecule has 25 heavy (non-hydrogen) atoms. The number of thiocarbonyl (C=S) groups is 1. The van der Waals surface area contributed by atoms with E-state index in [0.29, 0.717) is 22.1 Å². The van der Waals surface area contributed by atoms with E-state index in [1.165, 1.54) is 0 Å². The number of nitrogens with zero attached hydrogens (tertiary/aromatic N) is 3. The first-order chi connectivity index (χ1) is 12.1. The van der Waals surface area contributed by atoms with Crippen LogP contribution in [0.2, 0.25) is 5.02 Å². The van der Waals surface area contributed by atoms with Crippen LogP contribution in [0.5, 0.6) is 0 Å². The molecule has 0 aliphatic heterocycles. The van der Waals surface area contributed by atoms with E-state index >= 15 is 0 Å². The minimum Gasteiger partial charge on any atom is -0.389 e. The van der Waals surface area contributed by atoms with Gasteiger partial charge in [0.05, 0.1) is 11.3 Å². The summed E-state index contributed by atoms with van der Waals surface area (Å²) >= 11 is 11.3. The number of pyridine rings is 1. The lowest BCUT2D eigenvalue weighted by Crippen LogP contribution is -2.12. The van der Waals surface area contributed by atoms with E-state index in [9.17, 15) is 0 Å². The Morgan fingerprint density at radius 1 is 0.960 bits per heavy atom. The monoisotopic (exact) mass is 364 g/mol. The van der Waals surface area contributed by atoms with Crippen LogP contribution < -0.4 is 5.73 Å². The quantitative estimate of drug-likeness (QED) is 0.549. The Balaban J connectivity index is 2.00. The summed E-state index contributed by atoms with van der Waals surface area (Å²) in [7, 11) is 0. The molecule has 0 radical (unpaired) electrons. The average Bonchev–Trinajstić information content (AvgIpc) is 3.06. The van der Waals surface area contributed by atoms with Crippen molar-refractivity contribution >= 4 is 34.5 Å². The van der Waals surface area contributed by atoms with Crippen molar-refractivity contribution in [3.8, 4) is 22.6 Å². The largest absolute Gasteiger partial charge is 0.389 e. The number of aromatic nitrogens is 3.